The van der Waals surface area contributed by atoms with E-state index in [1.54, 1.807) is 25.1 Å². The third kappa shape index (κ3) is 6.56. The Bertz CT molecular complexity index is 821. The average Bonchev–Trinajstić information content (AvgIpc) is 2.77. The van der Waals surface area contributed by atoms with Gasteiger partial charge in [-0.2, -0.15) is 0 Å². The number of alkyl carbamates (subject to hydrolysis) is 1. The van der Waals surface area contributed by atoms with E-state index in [2.05, 4.69) is 0 Å². The smallest absolute Gasteiger partial charge is 0.414 e. The molecule has 0 bridgehead atoms. The molecule has 2 aliphatic rings. The number of nitrogens with one attached hydrogen (secondary N) is 2. The highest BCUT2D eigenvalue weighted by atomic mass is 19.1. The predicted molar refractivity (Wildman–Crippen MR) is 118 cm³/mol. The van der Waals surface area contributed by atoms with Crippen LogP contribution in [0.25, 0.3) is 0 Å². The Morgan fingerprint density at radius 1 is 1.19 bits per heavy atom. The lowest BCUT2D eigenvalue weighted by atomic mass is 9.97. The fraction of sp³-hybridized carbons (Fsp3) is 0.591. The van der Waals surface area contributed by atoms with Gasteiger partial charge in [-0.15, -0.1) is 0 Å². The Kier molecular flexibility index (Phi) is 8.26. The van der Waals surface area contributed by atoms with Crippen molar-refractivity contribution < 1.29 is 23.5 Å². The summed E-state index contributed by atoms with van der Waals surface area (Å²) in [6.45, 7) is 5.04. The van der Waals surface area contributed by atoms with E-state index < -0.39 is 17.9 Å². The highest BCUT2D eigenvalue weighted by molar-refractivity contribution is 5.90. The van der Waals surface area contributed by atoms with E-state index in [9.17, 15) is 14.0 Å². The highest BCUT2D eigenvalue weighted by Gasteiger charge is 2.25. The Morgan fingerprint density at radius 2 is 1.88 bits per heavy atom. The Balaban J connectivity index is 1.44. The number of carbonyl (C=O) groups is 2. The van der Waals surface area contributed by atoms with E-state index in [1.165, 1.54) is 0 Å². The summed E-state index contributed by atoms with van der Waals surface area (Å²) in [5.41, 5.74) is 5.81. The summed E-state index contributed by atoms with van der Waals surface area (Å²) in [7, 11) is 0. The molecule has 4 N–H and O–H groups in total. The standard InChI is InChI=1S/C22H32FN5O4/c1-15(29)27-9-5-16(6-10-27)13-31-18-7-11-28(12-8-18)19-4-2-3-17(20(19)23)14-32-22(30)26-21(24)25/h2-4,16,18H,5-14H2,1H3,(H4,24,25,26,30). The van der Waals surface area contributed by atoms with Crippen molar-refractivity contribution in [3.8, 4) is 0 Å². The van der Waals surface area contributed by atoms with Crippen LogP contribution >= 0.6 is 0 Å². The molecule has 176 valence electrons. The molecule has 0 radical (unpaired) electrons. The van der Waals surface area contributed by atoms with Crippen molar-refractivity contribution in [3.63, 3.8) is 0 Å². The molecule has 0 aliphatic carbocycles. The van der Waals surface area contributed by atoms with Crippen LogP contribution in [0.15, 0.2) is 18.2 Å². The number of nitrogens with two attached hydrogens (primary N) is 1. The molecular formula is C22H32FN5O4. The van der Waals surface area contributed by atoms with Gasteiger partial charge in [-0.1, -0.05) is 12.1 Å². The molecular weight excluding hydrogens is 417 g/mol. The zero-order valence-electron chi connectivity index (χ0n) is 18.4. The SMILES string of the molecule is CC(=O)N1CCC(COC2CCN(c3cccc(COC(=O)NC(=N)N)c3F)CC2)CC1. The largest absolute Gasteiger partial charge is 0.444 e. The van der Waals surface area contributed by atoms with E-state index in [1.807, 2.05) is 15.1 Å². The first-order valence-electron chi connectivity index (χ1n) is 11.0. The molecule has 32 heavy (non-hydrogen) atoms. The lowest BCUT2D eigenvalue weighted by Gasteiger charge is -2.36. The van der Waals surface area contributed by atoms with Gasteiger partial charge in [0.1, 0.15) is 6.61 Å². The van der Waals surface area contributed by atoms with Crippen LogP contribution in [0.1, 0.15) is 38.2 Å². The molecule has 9 nitrogen and oxygen atoms in total. The number of halogens is 1. The van der Waals surface area contributed by atoms with Gasteiger partial charge in [0.15, 0.2) is 11.8 Å². The van der Waals surface area contributed by atoms with Crippen LogP contribution in [0.5, 0.6) is 0 Å². The summed E-state index contributed by atoms with van der Waals surface area (Å²) in [6, 6.07) is 5.02. The van der Waals surface area contributed by atoms with Gasteiger partial charge < -0.3 is 25.0 Å². The minimum absolute atomic E-state index is 0.138. The molecule has 2 aliphatic heterocycles. The van der Waals surface area contributed by atoms with Crippen LogP contribution in [-0.4, -0.2) is 61.7 Å². The van der Waals surface area contributed by atoms with Crippen LogP contribution in [0.2, 0.25) is 0 Å². The number of anilines is 1. The van der Waals surface area contributed by atoms with Gasteiger partial charge in [0.05, 0.1) is 11.8 Å². The Morgan fingerprint density at radius 3 is 2.50 bits per heavy atom. The van der Waals surface area contributed by atoms with Gasteiger partial charge in [0.2, 0.25) is 5.91 Å². The molecule has 2 fully saturated rings. The van der Waals surface area contributed by atoms with Crippen molar-refractivity contribution in [2.75, 3.05) is 37.7 Å². The van der Waals surface area contributed by atoms with E-state index in [0.29, 0.717) is 31.3 Å². The molecule has 0 saturated carbocycles. The summed E-state index contributed by atoms with van der Waals surface area (Å²) >= 11 is 0. The summed E-state index contributed by atoms with van der Waals surface area (Å²) in [5.74, 6) is -0.326. The predicted octanol–water partition coefficient (Wildman–Crippen LogP) is 2.19. The molecule has 2 saturated heterocycles. The van der Waals surface area contributed by atoms with E-state index in [-0.39, 0.29) is 24.2 Å². The van der Waals surface area contributed by atoms with Crippen molar-refractivity contribution in [3.05, 3.63) is 29.6 Å². The molecule has 1 aromatic carbocycles. The molecule has 2 heterocycles. The fourth-order valence-corrected chi connectivity index (χ4v) is 4.16. The van der Waals surface area contributed by atoms with Crippen LogP contribution in [0, 0.1) is 17.1 Å². The zero-order valence-corrected chi connectivity index (χ0v) is 18.4. The third-order valence-electron chi connectivity index (χ3n) is 6.06. The zero-order chi connectivity index (χ0) is 23.1. The third-order valence-corrected chi connectivity index (χ3v) is 6.06. The number of piperidine rings is 2. The second-order valence-electron chi connectivity index (χ2n) is 8.33. The number of rotatable bonds is 6. The number of ether oxygens (including phenoxy) is 2. The van der Waals surface area contributed by atoms with E-state index >= 15 is 0 Å². The van der Waals surface area contributed by atoms with Crippen LogP contribution in [0.4, 0.5) is 14.9 Å². The minimum Gasteiger partial charge on any atom is -0.444 e. The number of guanidine groups is 1. The first kappa shape index (κ1) is 23.8. The van der Waals surface area contributed by atoms with E-state index in [4.69, 9.17) is 20.6 Å². The maximum absolute atomic E-state index is 15.0. The molecule has 3 rings (SSSR count). The number of amides is 2. The fourth-order valence-electron chi connectivity index (χ4n) is 4.16. The first-order valence-corrected chi connectivity index (χ1v) is 11.0. The Hall–Kier alpha value is -2.88. The van der Waals surface area contributed by atoms with Crippen molar-refractivity contribution >= 4 is 23.6 Å². The normalized spacial score (nSPS) is 17.8. The number of likely N-dealkylation sites (tertiary alicyclic amines) is 1. The van der Waals surface area contributed by atoms with Crippen molar-refractivity contribution in [2.45, 2.75) is 45.3 Å². The average molecular weight is 450 g/mol. The Labute approximate surface area is 187 Å². The summed E-state index contributed by atoms with van der Waals surface area (Å²) in [6.07, 6.45) is 2.83. The lowest BCUT2D eigenvalue weighted by Crippen LogP contribution is -2.40. The number of carbonyl (C=O) groups excluding carboxylic acids is 2. The highest BCUT2D eigenvalue weighted by Crippen LogP contribution is 2.27. The maximum atomic E-state index is 15.0. The molecule has 10 heteroatoms. The monoisotopic (exact) mass is 449 g/mol. The van der Waals surface area contributed by atoms with Gasteiger partial charge in [0.25, 0.3) is 0 Å². The molecule has 1 aromatic rings. The topological polar surface area (TPSA) is 121 Å². The number of nitrogens with zero attached hydrogens (tertiary/aromatic N) is 2. The van der Waals surface area contributed by atoms with Gasteiger partial charge in [-0.3, -0.25) is 15.5 Å². The summed E-state index contributed by atoms with van der Waals surface area (Å²) in [5, 5.41) is 9.00. The van der Waals surface area contributed by atoms with Crippen molar-refractivity contribution in [1.29, 1.82) is 5.41 Å². The number of hydrogen-bond acceptors (Lipinski definition) is 6. The minimum atomic E-state index is -0.896. The van der Waals surface area contributed by atoms with Crippen molar-refractivity contribution in [1.82, 2.24) is 10.2 Å². The molecule has 0 unspecified atom stereocenters. The van der Waals surface area contributed by atoms with Crippen LogP contribution in [-0.2, 0) is 20.9 Å². The summed E-state index contributed by atoms with van der Waals surface area (Å²) in [4.78, 5) is 26.8. The lowest BCUT2D eigenvalue weighted by molar-refractivity contribution is -0.130. The van der Waals surface area contributed by atoms with Crippen molar-refractivity contribution in [2.24, 2.45) is 11.7 Å². The second-order valence-corrected chi connectivity index (χ2v) is 8.33. The van der Waals surface area contributed by atoms with Crippen LogP contribution < -0.4 is 16.0 Å². The maximum Gasteiger partial charge on any atom is 0.414 e. The molecule has 2 amide bonds. The molecule has 0 atom stereocenters. The quantitative estimate of drug-likeness (QED) is 0.452. The van der Waals surface area contributed by atoms with Crippen LogP contribution in [0.3, 0.4) is 0 Å². The molecule has 0 aromatic heterocycles. The second kappa shape index (κ2) is 11.1. The van der Waals surface area contributed by atoms with Gasteiger partial charge >= 0.3 is 6.09 Å². The molecule has 0 spiro atoms. The summed E-state index contributed by atoms with van der Waals surface area (Å²) < 4.78 is 26.0. The van der Waals surface area contributed by atoms with E-state index in [0.717, 1.165) is 38.8 Å². The first-order chi connectivity index (χ1) is 15.3. The number of hydrogen-bond donors (Lipinski definition) is 3. The van der Waals surface area contributed by atoms with Gasteiger partial charge in [-0.05, 0) is 37.7 Å². The van der Waals surface area contributed by atoms with Gasteiger partial charge in [0, 0.05) is 45.3 Å². The van der Waals surface area contributed by atoms with Gasteiger partial charge in [-0.25, -0.2) is 9.18 Å². The number of benzene rings is 1.